The number of carbonyl (C=O) groups excluding carboxylic acids is 1. The molecule has 0 radical (unpaired) electrons. The number of methoxy groups -OCH3 is 1. The van der Waals surface area contributed by atoms with Crippen LogP contribution in [0.2, 0.25) is 0 Å². The van der Waals surface area contributed by atoms with Crippen LogP contribution in [0.4, 0.5) is 0 Å². The molecule has 2 saturated carbocycles. The molecule has 2 heterocycles. The monoisotopic (exact) mass is 613 g/mol. The quantitative estimate of drug-likeness (QED) is 0.200. The number of hydrogen-bond acceptors (Lipinski definition) is 8. The lowest BCUT2D eigenvalue weighted by molar-refractivity contribution is -0.0138. The van der Waals surface area contributed by atoms with E-state index in [0.717, 1.165) is 73.9 Å². The van der Waals surface area contributed by atoms with Gasteiger partial charge in [0.2, 0.25) is 11.6 Å². The van der Waals surface area contributed by atoms with Crippen molar-refractivity contribution < 1.29 is 24.1 Å². The normalized spacial score (nSPS) is 19.6. The summed E-state index contributed by atoms with van der Waals surface area (Å²) in [7, 11) is 1.63. The van der Waals surface area contributed by atoms with Crippen molar-refractivity contribution >= 4 is 5.97 Å². The van der Waals surface area contributed by atoms with Gasteiger partial charge >= 0.3 is 5.97 Å². The third-order valence-corrected chi connectivity index (χ3v) is 9.23. The topological polar surface area (TPSA) is 114 Å². The molecule has 1 N–H and O–H groups in total. The molecule has 10 heteroatoms. The third-order valence-electron chi connectivity index (χ3n) is 9.23. The Labute approximate surface area is 264 Å². The van der Waals surface area contributed by atoms with Crippen LogP contribution in [0.1, 0.15) is 92.2 Å². The van der Waals surface area contributed by atoms with Gasteiger partial charge < -0.3 is 19.3 Å². The third kappa shape index (κ3) is 7.22. The highest BCUT2D eigenvalue weighted by atomic mass is 16.5. The minimum absolute atomic E-state index is 0.0539. The van der Waals surface area contributed by atoms with E-state index in [2.05, 4.69) is 39.7 Å². The highest BCUT2D eigenvalue weighted by Gasteiger charge is 2.31. The average Bonchev–Trinajstić information content (AvgIpc) is 3.69. The highest BCUT2D eigenvalue weighted by Crippen LogP contribution is 2.36. The smallest absolute Gasteiger partial charge is 0.364 e. The first-order valence-electron chi connectivity index (χ1n) is 16.2. The molecule has 45 heavy (non-hydrogen) atoms. The molecule has 2 aliphatic rings. The summed E-state index contributed by atoms with van der Waals surface area (Å²) in [6.07, 6.45) is 10.5. The molecule has 4 aromatic rings. The second-order valence-electron chi connectivity index (χ2n) is 12.3. The molecule has 6 rings (SSSR count). The second-order valence-corrected chi connectivity index (χ2v) is 12.3. The van der Waals surface area contributed by atoms with Gasteiger partial charge in [0.15, 0.2) is 0 Å². The van der Waals surface area contributed by atoms with Crippen molar-refractivity contribution in [2.24, 2.45) is 0 Å². The number of ether oxygens (including phenoxy) is 3. The number of hydrogen-bond donors (Lipinski definition) is 1. The van der Waals surface area contributed by atoms with E-state index in [9.17, 15) is 9.90 Å². The van der Waals surface area contributed by atoms with Gasteiger partial charge in [-0.1, -0.05) is 60.9 Å². The van der Waals surface area contributed by atoms with Crippen LogP contribution in [0.3, 0.4) is 0 Å². The van der Waals surface area contributed by atoms with E-state index in [1.165, 1.54) is 12.0 Å². The average molecular weight is 614 g/mol. The summed E-state index contributed by atoms with van der Waals surface area (Å²) in [5.41, 5.74) is 3.89. The Kier molecular flexibility index (Phi) is 9.49. The second kappa shape index (κ2) is 13.9. The molecule has 2 aliphatic carbocycles. The Balaban J connectivity index is 1.10. The van der Waals surface area contributed by atoms with Gasteiger partial charge in [0.25, 0.3) is 0 Å². The van der Waals surface area contributed by atoms with E-state index in [-0.39, 0.29) is 18.4 Å². The minimum Gasteiger partial charge on any atom is -0.497 e. The van der Waals surface area contributed by atoms with Crippen molar-refractivity contribution in [3.05, 3.63) is 77.6 Å². The van der Waals surface area contributed by atoms with Gasteiger partial charge in [-0.05, 0) is 86.3 Å². The summed E-state index contributed by atoms with van der Waals surface area (Å²) < 4.78 is 20.6. The molecule has 0 atom stereocenters. The van der Waals surface area contributed by atoms with Crippen LogP contribution in [0.15, 0.2) is 60.8 Å². The summed E-state index contributed by atoms with van der Waals surface area (Å²) in [4.78, 5) is 12.7. The van der Waals surface area contributed by atoms with Gasteiger partial charge in [-0.2, -0.15) is 5.10 Å². The van der Waals surface area contributed by atoms with Gasteiger partial charge in [0.05, 0.1) is 38.1 Å². The van der Waals surface area contributed by atoms with E-state index in [4.69, 9.17) is 14.2 Å². The van der Waals surface area contributed by atoms with E-state index in [1.807, 2.05) is 41.2 Å². The molecule has 0 aliphatic heterocycles. The maximum absolute atomic E-state index is 12.7. The van der Waals surface area contributed by atoms with Crippen molar-refractivity contribution in [2.45, 2.75) is 95.4 Å². The number of benzene rings is 2. The fraction of sp³-hybridized carbons (Fsp3) is 0.486. The van der Waals surface area contributed by atoms with Gasteiger partial charge in [0, 0.05) is 6.20 Å². The number of nitrogens with zero attached hydrogens (tertiary/aromatic N) is 5. The summed E-state index contributed by atoms with van der Waals surface area (Å²) in [6, 6.07) is 18.5. The Morgan fingerprint density at radius 3 is 2.38 bits per heavy atom. The highest BCUT2D eigenvalue weighted by molar-refractivity contribution is 5.89. The van der Waals surface area contributed by atoms with E-state index in [1.54, 1.807) is 18.7 Å². The molecule has 0 bridgehead atoms. The Morgan fingerprint density at radius 1 is 0.956 bits per heavy atom. The molecule has 0 spiro atoms. The van der Waals surface area contributed by atoms with Crippen molar-refractivity contribution in [1.29, 1.82) is 0 Å². The molecule has 10 nitrogen and oxygen atoms in total. The summed E-state index contributed by atoms with van der Waals surface area (Å²) in [5, 5.41) is 24.0. The largest absolute Gasteiger partial charge is 0.497 e. The van der Waals surface area contributed by atoms with Crippen molar-refractivity contribution in [1.82, 2.24) is 24.8 Å². The zero-order valence-electron chi connectivity index (χ0n) is 26.2. The molecular weight excluding hydrogens is 570 g/mol. The maximum atomic E-state index is 12.7. The minimum atomic E-state index is -0.666. The van der Waals surface area contributed by atoms with Crippen LogP contribution in [-0.4, -0.2) is 61.3 Å². The fourth-order valence-corrected chi connectivity index (χ4v) is 6.70. The lowest BCUT2D eigenvalue weighted by Crippen LogP contribution is -2.36. The van der Waals surface area contributed by atoms with Gasteiger partial charge in [-0.15, -0.1) is 5.10 Å². The fourth-order valence-electron chi connectivity index (χ4n) is 6.70. The lowest BCUT2D eigenvalue weighted by atomic mass is 9.82. The Hall–Kier alpha value is -4.18. The Morgan fingerprint density at radius 2 is 1.69 bits per heavy atom. The molecule has 2 aromatic carbocycles. The van der Waals surface area contributed by atoms with Crippen molar-refractivity contribution in [2.75, 3.05) is 13.7 Å². The van der Waals surface area contributed by atoms with Crippen LogP contribution in [-0.2, 0) is 17.8 Å². The SMILES string of the molecule is CCOC(=O)c1nnn(Cc2ccc(OC)cc2)c1O[C@H]1CC[C@H](c2ccc(-c3ccnn3CC3(O)CCCCC3)cc2)CC1. The van der Waals surface area contributed by atoms with Gasteiger partial charge in [0.1, 0.15) is 11.9 Å². The number of rotatable bonds is 11. The molecule has 0 saturated heterocycles. The van der Waals surface area contributed by atoms with Crippen LogP contribution >= 0.6 is 0 Å². The number of aliphatic hydroxyl groups is 1. The van der Waals surface area contributed by atoms with Gasteiger partial charge in [-0.3, -0.25) is 4.68 Å². The van der Waals surface area contributed by atoms with Gasteiger partial charge in [-0.25, -0.2) is 9.48 Å². The predicted octanol–water partition coefficient (Wildman–Crippen LogP) is 6.18. The lowest BCUT2D eigenvalue weighted by Gasteiger charge is -2.32. The van der Waals surface area contributed by atoms with E-state index >= 15 is 0 Å². The molecule has 2 aromatic heterocycles. The number of esters is 1. The van der Waals surface area contributed by atoms with E-state index in [0.29, 0.717) is 24.9 Å². The summed E-state index contributed by atoms with van der Waals surface area (Å²) in [6.45, 7) is 2.96. The first-order chi connectivity index (χ1) is 21.9. The zero-order valence-corrected chi connectivity index (χ0v) is 26.2. The molecule has 238 valence electrons. The summed E-state index contributed by atoms with van der Waals surface area (Å²) >= 11 is 0. The predicted molar refractivity (Wildman–Crippen MR) is 169 cm³/mol. The molecule has 0 amide bonds. The van der Waals surface area contributed by atoms with Crippen molar-refractivity contribution in [3.8, 4) is 22.9 Å². The van der Waals surface area contributed by atoms with Crippen LogP contribution in [0.5, 0.6) is 11.6 Å². The molecule has 2 fully saturated rings. The van der Waals surface area contributed by atoms with Crippen LogP contribution in [0, 0.1) is 0 Å². The zero-order chi connectivity index (χ0) is 31.2. The standard InChI is InChI=1S/C35H43N5O5/c1-3-44-34(41)32-33(39(38-37-32)23-25-7-15-29(43-2)16-8-25)45-30-17-13-27(14-18-30)26-9-11-28(12-10-26)31-19-22-36-40(31)24-35(42)20-5-4-6-21-35/h7-12,15-16,19,22,27,30,42H,3-6,13-14,17-18,20-21,23-24H2,1-2H3/t27-,30-. The van der Waals surface area contributed by atoms with Crippen LogP contribution in [0.25, 0.3) is 11.3 Å². The maximum Gasteiger partial charge on any atom is 0.364 e. The Bertz CT molecular complexity index is 1550. The summed E-state index contributed by atoms with van der Waals surface area (Å²) in [5.74, 6) is 1.02. The molecular formula is C35H43N5O5. The van der Waals surface area contributed by atoms with Crippen LogP contribution < -0.4 is 9.47 Å². The van der Waals surface area contributed by atoms with E-state index < -0.39 is 11.6 Å². The van der Waals surface area contributed by atoms with Crippen molar-refractivity contribution in [3.63, 3.8) is 0 Å². The number of carbonyl (C=O) groups is 1. The first-order valence-corrected chi connectivity index (χ1v) is 16.2. The molecule has 0 unspecified atom stereocenters. The number of aromatic nitrogens is 5. The first kappa shape index (κ1) is 30.8.